The van der Waals surface area contributed by atoms with E-state index in [0.717, 1.165) is 11.8 Å². The van der Waals surface area contributed by atoms with Crippen molar-refractivity contribution in [1.82, 2.24) is 19.5 Å². The summed E-state index contributed by atoms with van der Waals surface area (Å²) >= 11 is 0. The molecule has 0 atom stereocenters. The molecule has 1 aliphatic rings. The third kappa shape index (κ3) is 4.14. The van der Waals surface area contributed by atoms with Gasteiger partial charge in [0.2, 0.25) is 17.6 Å². The molecule has 4 aromatic rings. The number of nitrogens with one attached hydrogen (secondary N) is 2. The summed E-state index contributed by atoms with van der Waals surface area (Å²) in [5, 5.41) is 17.7. The second-order valence-electron chi connectivity index (χ2n) is 8.35. The number of amides is 1. The molecule has 0 aliphatic heterocycles. The zero-order valence-electron chi connectivity index (χ0n) is 18.5. The van der Waals surface area contributed by atoms with Crippen LogP contribution in [-0.2, 0) is 0 Å². The molecule has 1 amide bonds. The Hall–Kier alpha value is -4.48. The molecule has 0 spiro atoms. The number of imidazole rings is 1. The van der Waals surface area contributed by atoms with E-state index in [-0.39, 0.29) is 30.3 Å². The molecular weight excluding hydrogens is 458 g/mol. The summed E-state index contributed by atoms with van der Waals surface area (Å²) in [7, 11) is 0. The second-order valence-corrected chi connectivity index (χ2v) is 8.35. The van der Waals surface area contributed by atoms with Crippen LogP contribution in [0.1, 0.15) is 46.3 Å². The second kappa shape index (κ2) is 8.38. The van der Waals surface area contributed by atoms with Gasteiger partial charge in [-0.1, -0.05) is 17.3 Å². The normalized spacial score (nSPS) is 15.7. The first-order valence-corrected chi connectivity index (χ1v) is 10.7. The molecule has 3 aromatic heterocycles. The summed E-state index contributed by atoms with van der Waals surface area (Å²) in [6.45, 7) is 1.84. The van der Waals surface area contributed by atoms with E-state index in [9.17, 15) is 13.6 Å². The number of halogens is 2. The highest BCUT2D eigenvalue weighted by atomic mass is 19.3. The number of aryl methyl sites for hydroxylation is 1. The van der Waals surface area contributed by atoms with Crippen LogP contribution in [0.3, 0.4) is 0 Å². The number of hydrogen-bond donors (Lipinski definition) is 3. The van der Waals surface area contributed by atoms with Crippen LogP contribution in [0.2, 0.25) is 0 Å². The van der Waals surface area contributed by atoms with E-state index < -0.39 is 17.7 Å². The van der Waals surface area contributed by atoms with Crippen molar-refractivity contribution in [2.24, 2.45) is 10.9 Å². The number of hydrazone groups is 1. The van der Waals surface area contributed by atoms with Crippen molar-refractivity contribution in [2.45, 2.75) is 31.6 Å². The van der Waals surface area contributed by atoms with Gasteiger partial charge in [0.15, 0.2) is 0 Å². The fraction of sp³-hybridized carbons (Fsp3) is 0.217. The van der Waals surface area contributed by atoms with Gasteiger partial charge in [0.25, 0.3) is 5.91 Å². The largest absolute Gasteiger partial charge is 0.339 e. The molecule has 1 saturated carbocycles. The van der Waals surface area contributed by atoms with E-state index in [1.54, 1.807) is 40.9 Å². The molecule has 178 valence electrons. The highest BCUT2D eigenvalue weighted by Crippen LogP contribution is 2.47. The first kappa shape index (κ1) is 22.3. The fourth-order valence-corrected chi connectivity index (χ4v) is 3.94. The first-order valence-electron chi connectivity index (χ1n) is 10.7. The van der Waals surface area contributed by atoms with Crippen molar-refractivity contribution in [2.75, 3.05) is 5.32 Å². The molecule has 3 heterocycles. The van der Waals surface area contributed by atoms with E-state index in [4.69, 9.17) is 15.8 Å². The van der Waals surface area contributed by atoms with Crippen LogP contribution < -0.4 is 11.2 Å². The molecule has 0 bridgehead atoms. The number of rotatable bonds is 6. The molecule has 0 radical (unpaired) electrons. The van der Waals surface area contributed by atoms with E-state index >= 15 is 0 Å². The van der Waals surface area contributed by atoms with Crippen molar-refractivity contribution < 1.29 is 18.1 Å². The van der Waals surface area contributed by atoms with Crippen molar-refractivity contribution in [3.05, 3.63) is 65.4 Å². The summed E-state index contributed by atoms with van der Waals surface area (Å²) in [6.07, 6.45) is 3.53. The zero-order valence-corrected chi connectivity index (χ0v) is 18.5. The maximum absolute atomic E-state index is 13.2. The summed E-state index contributed by atoms with van der Waals surface area (Å²) in [5.41, 5.74) is 3.57. The van der Waals surface area contributed by atoms with Crippen LogP contribution in [0.5, 0.6) is 0 Å². The lowest BCUT2D eigenvalue weighted by Crippen LogP contribution is -2.33. The number of nitrogens with two attached hydrogens (primary N) is 1. The maximum Gasteiger partial charge on any atom is 0.274 e. The van der Waals surface area contributed by atoms with E-state index in [0.29, 0.717) is 28.2 Å². The summed E-state index contributed by atoms with van der Waals surface area (Å²) in [5.74, 6) is 2.23. The van der Waals surface area contributed by atoms with Crippen molar-refractivity contribution in [1.29, 1.82) is 5.41 Å². The molecule has 10 nitrogen and oxygen atoms in total. The smallest absolute Gasteiger partial charge is 0.274 e. The molecular formula is C23H20F2N8O2. The summed E-state index contributed by atoms with van der Waals surface area (Å²) in [4.78, 5) is 21.6. The van der Waals surface area contributed by atoms with Gasteiger partial charge in [0.05, 0.1) is 6.20 Å². The lowest BCUT2D eigenvalue weighted by Gasteiger charge is -2.31. The lowest BCUT2D eigenvalue weighted by molar-refractivity contribution is -0.0925. The number of carbonyl (C=O) groups excluding carboxylic acids is 1. The van der Waals surface area contributed by atoms with E-state index in [2.05, 4.69) is 25.5 Å². The number of alkyl halides is 2. The Labute approximate surface area is 197 Å². The number of fused-ring (bicyclic) bond motifs is 1. The Morgan fingerprint density at radius 2 is 2.14 bits per heavy atom. The number of nitrogens with zero attached hydrogens (tertiary/aromatic N) is 5. The predicted octanol–water partition coefficient (Wildman–Crippen LogP) is 3.77. The van der Waals surface area contributed by atoms with Crippen LogP contribution in [0.15, 0.2) is 52.4 Å². The number of aromatic nitrogens is 4. The van der Waals surface area contributed by atoms with Gasteiger partial charge in [-0.05, 0) is 30.7 Å². The van der Waals surface area contributed by atoms with Crippen LogP contribution in [0.25, 0.3) is 17.0 Å². The summed E-state index contributed by atoms with van der Waals surface area (Å²) in [6, 6.07) is 8.62. The molecule has 35 heavy (non-hydrogen) atoms. The quantitative estimate of drug-likeness (QED) is 0.218. The number of pyridine rings is 1. The predicted molar refractivity (Wildman–Crippen MR) is 124 cm³/mol. The van der Waals surface area contributed by atoms with Gasteiger partial charge in [0, 0.05) is 48.0 Å². The van der Waals surface area contributed by atoms with Gasteiger partial charge in [0.1, 0.15) is 17.1 Å². The molecule has 1 aromatic carbocycles. The van der Waals surface area contributed by atoms with Crippen LogP contribution in [0.4, 0.5) is 14.5 Å². The molecule has 12 heteroatoms. The van der Waals surface area contributed by atoms with Crippen molar-refractivity contribution in [3.8, 4) is 11.4 Å². The topological polar surface area (TPSA) is 148 Å². The van der Waals surface area contributed by atoms with Gasteiger partial charge >= 0.3 is 0 Å². The molecule has 0 unspecified atom stereocenters. The zero-order chi connectivity index (χ0) is 24.7. The number of benzene rings is 1. The van der Waals surface area contributed by atoms with Gasteiger partial charge in [-0.15, -0.1) is 0 Å². The third-order valence-electron chi connectivity index (χ3n) is 5.94. The molecule has 0 saturated heterocycles. The monoisotopic (exact) mass is 478 g/mol. The van der Waals surface area contributed by atoms with Crippen LogP contribution in [0, 0.1) is 12.3 Å². The SMILES string of the molecule is Cc1ccc(-c2noc(C3CC(F)(F)C3)n2)cc1NC(=O)c1cnc2cc(C(C=N)=NN)ccn12. The van der Waals surface area contributed by atoms with Crippen molar-refractivity contribution in [3.63, 3.8) is 0 Å². The number of anilines is 1. The average molecular weight is 478 g/mol. The van der Waals surface area contributed by atoms with E-state index in [1.807, 2.05) is 6.92 Å². The summed E-state index contributed by atoms with van der Waals surface area (Å²) < 4.78 is 33.1. The Balaban J connectivity index is 1.37. The highest BCUT2D eigenvalue weighted by Gasteiger charge is 2.48. The first-order chi connectivity index (χ1) is 16.8. The Morgan fingerprint density at radius 1 is 1.34 bits per heavy atom. The number of carbonyl (C=O) groups is 1. The van der Waals surface area contributed by atoms with Crippen LogP contribution in [-0.4, -0.2) is 43.3 Å². The van der Waals surface area contributed by atoms with Gasteiger partial charge < -0.3 is 21.1 Å². The van der Waals surface area contributed by atoms with Gasteiger partial charge in [-0.25, -0.2) is 13.8 Å². The molecule has 5 rings (SSSR count). The fourth-order valence-electron chi connectivity index (χ4n) is 3.94. The minimum Gasteiger partial charge on any atom is -0.339 e. The standard InChI is InChI=1S/C23H20F2N8O2/c1-12-2-3-14(20-30-22(35-32-20)15-8-23(24,25)9-15)6-16(12)29-21(34)18-11-28-19-7-13(4-5-33(18)19)17(10-26)31-27/h2-7,10-11,15,26H,8-9,27H2,1H3,(H,29,34). The van der Waals surface area contributed by atoms with Crippen LogP contribution >= 0.6 is 0 Å². The lowest BCUT2D eigenvalue weighted by atomic mass is 9.81. The average Bonchev–Trinajstić information content (AvgIpc) is 3.47. The molecule has 1 fully saturated rings. The Bertz CT molecular complexity index is 1480. The minimum atomic E-state index is -2.68. The van der Waals surface area contributed by atoms with Gasteiger partial charge in [-0.3, -0.25) is 9.20 Å². The highest BCUT2D eigenvalue weighted by molar-refractivity contribution is 6.37. The van der Waals surface area contributed by atoms with E-state index in [1.165, 1.54) is 6.20 Å². The Morgan fingerprint density at radius 3 is 2.86 bits per heavy atom. The minimum absolute atomic E-state index is 0.188. The Kier molecular flexibility index (Phi) is 5.35. The maximum atomic E-state index is 13.2. The number of hydrogen-bond acceptors (Lipinski definition) is 8. The molecule has 4 N–H and O–H groups in total. The molecule has 1 aliphatic carbocycles. The third-order valence-corrected chi connectivity index (χ3v) is 5.94. The van der Waals surface area contributed by atoms with Crippen molar-refractivity contribution >= 4 is 29.2 Å². The van der Waals surface area contributed by atoms with Gasteiger partial charge in [-0.2, -0.15) is 10.1 Å².